The molecule has 1 aliphatic rings. The maximum Gasteiger partial charge on any atom is 0.417 e. The molecule has 0 spiro atoms. The summed E-state index contributed by atoms with van der Waals surface area (Å²) in [6, 6.07) is 9.47. The molecule has 0 unspecified atom stereocenters. The van der Waals surface area contributed by atoms with Gasteiger partial charge in [-0.25, -0.2) is 9.69 Å². The molecule has 2 rings (SSSR count). The number of rotatable bonds is 7. The van der Waals surface area contributed by atoms with Crippen LogP contribution in [0.25, 0.3) is 0 Å². The van der Waals surface area contributed by atoms with Crippen LogP contribution in [0.1, 0.15) is 25.8 Å². The second-order valence-electron chi connectivity index (χ2n) is 6.34. The van der Waals surface area contributed by atoms with Gasteiger partial charge in [0, 0.05) is 6.61 Å². The Labute approximate surface area is 142 Å². The van der Waals surface area contributed by atoms with E-state index in [0.717, 1.165) is 5.56 Å². The van der Waals surface area contributed by atoms with Gasteiger partial charge in [-0.3, -0.25) is 4.79 Å². The average molecular weight is 331 g/mol. The Morgan fingerprint density at radius 1 is 1.38 bits per heavy atom. The number of amides is 2. The Morgan fingerprint density at radius 2 is 2.08 bits per heavy atom. The monoisotopic (exact) mass is 331 g/mol. The molecule has 2 amide bonds. The standard InChI is InChI=1S/C19H25NO4/c1-14(15(2)10-11-21)8-9-18(22)20-17(13-24-19(20)23)12-16-6-4-3-5-7-16/h3-9,14-15,17,21H,10-13H2,1-2H3/b9-8+/t14-,15-,17+/m1/s1. The van der Waals surface area contributed by atoms with Crippen LogP contribution in [-0.4, -0.2) is 41.3 Å². The van der Waals surface area contributed by atoms with Crippen LogP contribution in [0.4, 0.5) is 4.79 Å². The first-order valence-corrected chi connectivity index (χ1v) is 8.36. The number of allylic oxidation sites excluding steroid dienone is 1. The van der Waals surface area contributed by atoms with Crippen LogP contribution < -0.4 is 0 Å². The third kappa shape index (κ3) is 4.68. The largest absolute Gasteiger partial charge is 0.447 e. The minimum Gasteiger partial charge on any atom is -0.447 e. The predicted molar refractivity (Wildman–Crippen MR) is 91.3 cm³/mol. The van der Waals surface area contributed by atoms with E-state index < -0.39 is 6.09 Å². The van der Waals surface area contributed by atoms with Crippen molar-refractivity contribution in [3.05, 3.63) is 48.0 Å². The maximum atomic E-state index is 12.4. The molecular formula is C19H25NO4. The summed E-state index contributed by atoms with van der Waals surface area (Å²) in [6.45, 7) is 4.38. The van der Waals surface area contributed by atoms with Crippen LogP contribution in [0.2, 0.25) is 0 Å². The van der Waals surface area contributed by atoms with E-state index >= 15 is 0 Å². The third-order valence-electron chi connectivity index (χ3n) is 4.54. The van der Waals surface area contributed by atoms with Gasteiger partial charge < -0.3 is 9.84 Å². The van der Waals surface area contributed by atoms with E-state index in [2.05, 4.69) is 0 Å². The zero-order valence-corrected chi connectivity index (χ0v) is 14.2. The number of carbonyl (C=O) groups is 2. The van der Waals surface area contributed by atoms with Crippen molar-refractivity contribution in [2.75, 3.05) is 13.2 Å². The molecule has 1 heterocycles. The van der Waals surface area contributed by atoms with Crippen LogP contribution in [0.3, 0.4) is 0 Å². The number of imide groups is 1. The molecule has 1 saturated heterocycles. The van der Waals surface area contributed by atoms with Crippen LogP contribution in [0.5, 0.6) is 0 Å². The number of cyclic esters (lactones) is 1. The molecule has 3 atom stereocenters. The fourth-order valence-corrected chi connectivity index (χ4v) is 2.74. The van der Waals surface area contributed by atoms with E-state index in [9.17, 15) is 9.59 Å². The highest BCUT2D eigenvalue weighted by molar-refractivity contribution is 5.99. The van der Waals surface area contributed by atoms with Gasteiger partial charge in [0.05, 0.1) is 6.04 Å². The van der Waals surface area contributed by atoms with Gasteiger partial charge in [-0.15, -0.1) is 0 Å². The summed E-state index contributed by atoms with van der Waals surface area (Å²) in [7, 11) is 0. The molecule has 1 fully saturated rings. The SMILES string of the molecule is C[C@H](/C=C/C(=O)N1C(=O)OC[C@@H]1Cc1ccccc1)[C@H](C)CCO. The van der Waals surface area contributed by atoms with Gasteiger partial charge in [0.2, 0.25) is 0 Å². The summed E-state index contributed by atoms with van der Waals surface area (Å²) in [6.07, 6.45) is 3.93. The molecule has 24 heavy (non-hydrogen) atoms. The molecule has 130 valence electrons. The number of hydrogen-bond donors (Lipinski definition) is 1. The van der Waals surface area contributed by atoms with Gasteiger partial charge in [0.1, 0.15) is 6.61 Å². The lowest BCUT2D eigenvalue weighted by Crippen LogP contribution is -2.39. The highest BCUT2D eigenvalue weighted by Gasteiger charge is 2.36. The first kappa shape index (κ1) is 18.2. The number of benzene rings is 1. The first-order chi connectivity index (χ1) is 11.5. The molecule has 1 aromatic carbocycles. The van der Waals surface area contributed by atoms with Gasteiger partial charge in [0.15, 0.2) is 0 Å². The topological polar surface area (TPSA) is 66.8 Å². The van der Waals surface area contributed by atoms with Crippen molar-refractivity contribution < 1.29 is 19.4 Å². The number of aliphatic hydroxyl groups is 1. The molecule has 5 nitrogen and oxygen atoms in total. The smallest absolute Gasteiger partial charge is 0.417 e. The summed E-state index contributed by atoms with van der Waals surface area (Å²) in [4.78, 5) is 25.5. The predicted octanol–water partition coefficient (Wildman–Crippen LogP) is 2.79. The van der Waals surface area contributed by atoms with Crippen LogP contribution in [-0.2, 0) is 16.0 Å². The molecule has 0 radical (unpaired) electrons. The molecule has 1 aliphatic heterocycles. The second kappa shape index (κ2) is 8.64. The molecule has 1 N–H and O–H groups in total. The molecule has 0 bridgehead atoms. The van der Waals surface area contributed by atoms with Crippen LogP contribution in [0.15, 0.2) is 42.5 Å². The summed E-state index contributed by atoms with van der Waals surface area (Å²) < 4.78 is 5.06. The zero-order chi connectivity index (χ0) is 17.5. The van der Waals surface area contributed by atoms with Gasteiger partial charge in [-0.05, 0) is 36.3 Å². The highest BCUT2D eigenvalue weighted by atomic mass is 16.6. The van der Waals surface area contributed by atoms with Crippen molar-refractivity contribution in [1.82, 2.24) is 4.90 Å². The minimum atomic E-state index is -0.582. The molecular weight excluding hydrogens is 306 g/mol. The van der Waals surface area contributed by atoms with E-state index in [0.29, 0.717) is 12.8 Å². The fourth-order valence-electron chi connectivity index (χ4n) is 2.74. The lowest BCUT2D eigenvalue weighted by atomic mass is 9.93. The zero-order valence-electron chi connectivity index (χ0n) is 14.2. The summed E-state index contributed by atoms with van der Waals surface area (Å²) >= 11 is 0. The number of hydrogen-bond acceptors (Lipinski definition) is 4. The number of ether oxygens (including phenoxy) is 1. The van der Waals surface area contributed by atoms with Crippen molar-refractivity contribution in [2.45, 2.75) is 32.7 Å². The molecule has 5 heteroatoms. The van der Waals surface area contributed by atoms with Crippen molar-refractivity contribution in [2.24, 2.45) is 11.8 Å². The Morgan fingerprint density at radius 3 is 2.75 bits per heavy atom. The van der Waals surface area contributed by atoms with E-state index in [4.69, 9.17) is 9.84 Å². The van der Waals surface area contributed by atoms with Gasteiger partial charge >= 0.3 is 6.09 Å². The van der Waals surface area contributed by atoms with Crippen LogP contribution >= 0.6 is 0 Å². The van der Waals surface area contributed by atoms with Crippen molar-refractivity contribution in [3.63, 3.8) is 0 Å². The van der Waals surface area contributed by atoms with Crippen molar-refractivity contribution >= 4 is 12.0 Å². The maximum absolute atomic E-state index is 12.4. The van der Waals surface area contributed by atoms with E-state index in [1.807, 2.05) is 44.2 Å². The molecule has 0 aromatic heterocycles. The Hall–Kier alpha value is -2.14. The molecule has 0 saturated carbocycles. The lowest BCUT2D eigenvalue weighted by Gasteiger charge is -2.19. The second-order valence-corrected chi connectivity index (χ2v) is 6.34. The Bertz CT molecular complexity index is 584. The lowest BCUT2D eigenvalue weighted by molar-refractivity contribution is -0.124. The van der Waals surface area contributed by atoms with Gasteiger partial charge in [-0.1, -0.05) is 50.3 Å². The Kier molecular flexibility index (Phi) is 6.55. The quantitative estimate of drug-likeness (QED) is 0.780. The van der Waals surface area contributed by atoms with E-state index in [1.165, 1.54) is 11.0 Å². The number of nitrogens with zero attached hydrogens (tertiary/aromatic N) is 1. The summed E-state index contributed by atoms with van der Waals surface area (Å²) in [5.74, 6) is 0.0680. The Balaban J connectivity index is 2.01. The highest BCUT2D eigenvalue weighted by Crippen LogP contribution is 2.19. The third-order valence-corrected chi connectivity index (χ3v) is 4.54. The first-order valence-electron chi connectivity index (χ1n) is 8.36. The van der Waals surface area contributed by atoms with Gasteiger partial charge in [-0.2, -0.15) is 0 Å². The van der Waals surface area contributed by atoms with Crippen molar-refractivity contribution in [1.29, 1.82) is 0 Å². The van der Waals surface area contributed by atoms with E-state index in [-0.39, 0.29) is 37.0 Å². The average Bonchev–Trinajstić information content (AvgIpc) is 2.94. The summed E-state index contributed by atoms with van der Waals surface area (Å²) in [5, 5.41) is 8.98. The van der Waals surface area contributed by atoms with Gasteiger partial charge in [0.25, 0.3) is 5.91 Å². The number of carbonyl (C=O) groups excluding carboxylic acids is 2. The van der Waals surface area contributed by atoms with Crippen molar-refractivity contribution in [3.8, 4) is 0 Å². The van der Waals surface area contributed by atoms with E-state index in [1.54, 1.807) is 6.08 Å². The summed E-state index contributed by atoms with van der Waals surface area (Å²) in [5.41, 5.74) is 1.06. The fraction of sp³-hybridized carbons (Fsp3) is 0.474. The normalized spacial score (nSPS) is 20.2. The van der Waals surface area contributed by atoms with Crippen LogP contribution in [0, 0.1) is 11.8 Å². The number of aliphatic hydroxyl groups excluding tert-OH is 1. The minimum absolute atomic E-state index is 0.130. The molecule has 1 aromatic rings. The molecule has 0 aliphatic carbocycles.